The summed E-state index contributed by atoms with van der Waals surface area (Å²) in [6.07, 6.45) is 11.0. The van der Waals surface area contributed by atoms with Gasteiger partial charge in [0, 0.05) is 13.3 Å². The van der Waals surface area contributed by atoms with E-state index in [0.29, 0.717) is 6.42 Å². The van der Waals surface area contributed by atoms with Crippen LogP contribution in [0.5, 0.6) is 0 Å². The van der Waals surface area contributed by atoms with Crippen LogP contribution in [0.2, 0.25) is 0 Å². The average Bonchev–Trinajstić information content (AvgIpc) is 2.44. The first-order valence-corrected chi connectivity index (χ1v) is 8.50. The monoisotopic (exact) mass is 298 g/mol. The van der Waals surface area contributed by atoms with E-state index in [-0.39, 0.29) is 24.1 Å². The number of hydrogen-bond acceptors (Lipinski definition) is 4. The zero-order valence-corrected chi connectivity index (χ0v) is 13.6. The molecule has 0 aromatic heterocycles. The van der Waals surface area contributed by atoms with Crippen molar-refractivity contribution >= 4 is 11.9 Å². The lowest BCUT2D eigenvalue weighted by Gasteiger charge is -2.29. The Balaban J connectivity index is 2.26. The zero-order valence-electron chi connectivity index (χ0n) is 13.6. The van der Waals surface area contributed by atoms with Gasteiger partial charge in [0.25, 0.3) is 0 Å². The third-order valence-electron chi connectivity index (χ3n) is 3.98. The second-order valence-corrected chi connectivity index (χ2v) is 5.98. The number of cyclic esters (lactones) is 1. The Bertz CT molecular complexity index is 314. The summed E-state index contributed by atoms with van der Waals surface area (Å²) in [6, 6.07) is 0. The van der Waals surface area contributed by atoms with Gasteiger partial charge in [-0.05, 0) is 25.7 Å². The van der Waals surface area contributed by atoms with Crippen LogP contribution in [0, 0.1) is 0 Å². The predicted octanol–water partition coefficient (Wildman–Crippen LogP) is 4.15. The third-order valence-corrected chi connectivity index (χ3v) is 3.98. The summed E-state index contributed by atoms with van der Waals surface area (Å²) in [4.78, 5) is 22.6. The maximum absolute atomic E-state index is 11.4. The van der Waals surface area contributed by atoms with Crippen molar-refractivity contribution in [2.45, 2.75) is 96.7 Å². The van der Waals surface area contributed by atoms with E-state index in [1.54, 1.807) is 0 Å². The summed E-state index contributed by atoms with van der Waals surface area (Å²) < 4.78 is 10.7. The van der Waals surface area contributed by atoms with Gasteiger partial charge in [-0.2, -0.15) is 0 Å². The van der Waals surface area contributed by atoms with Gasteiger partial charge in [-0.3, -0.25) is 9.59 Å². The molecule has 0 spiro atoms. The first-order chi connectivity index (χ1) is 10.1. The molecule has 2 unspecified atom stereocenters. The molecular weight excluding hydrogens is 268 g/mol. The fourth-order valence-corrected chi connectivity index (χ4v) is 2.83. The Kier molecular flexibility index (Phi) is 9.11. The molecule has 0 saturated carbocycles. The summed E-state index contributed by atoms with van der Waals surface area (Å²) in [7, 11) is 0. The smallest absolute Gasteiger partial charge is 0.306 e. The number of rotatable bonds is 10. The number of unbranched alkanes of at least 4 members (excludes halogenated alkanes) is 6. The van der Waals surface area contributed by atoms with Gasteiger partial charge < -0.3 is 9.47 Å². The van der Waals surface area contributed by atoms with Gasteiger partial charge in [-0.25, -0.2) is 0 Å². The standard InChI is InChI=1S/C17H30O4/c1-3-4-5-6-7-8-9-11-15(20-14(2)18)16-12-10-13-17(19)21-16/h15-16H,3-13H2,1-2H3. The summed E-state index contributed by atoms with van der Waals surface area (Å²) in [5, 5.41) is 0. The highest BCUT2D eigenvalue weighted by molar-refractivity contribution is 5.70. The van der Waals surface area contributed by atoms with Crippen molar-refractivity contribution < 1.29 is 19.1 Å². The lowest BCUT2D eigenvalue weighted by molar-refractivity contribution is -0.172. The van der Waals surface area contributed by atoms with E-state index in [2.05, 4.69) is 6.92 Å². The molecule has 1 aliphatic heterocycles. The van der Waals surface area contributed by atoms with Crippen LogP contribution in [0.15, 0.2) is 0 Å². The van der Waals surface area contributed by atoms with Gasteiger partial charge in [0.15, 0.2) is 0 Å². The van der Waals surface area contributed by atoms with Crippen molar-refractivity contribution in [3.05, 3.63) is 0 Å². The summed E-state index contributed by atoms with van der Waals surface area (Å²) in [5.41, 5.74) is 0. The van der Waals surface area contributed by atoms with E-state index < -0.39 is 0 Å². The Morgan fingerprint density at radius 3 is 2.52 bits per heavy atom. The van der Waals surface area contributed by atoms with Crippen LogP contribution in [0.1, 0.15) is 84.5 Å². The van der Waals surface area contributed by atoms with Crippen molar-refractivity contribution in [3.8, 4) is 0 Å². The molecule has 4 heteroatoms. The molecule has 1 heterocycles. The minimum absolute atomic E-state index is 0.164. The lowest BCUT2D eigenvalue weighted by Crippen LogP contribution is -2.37. The molecule has 21 heavy (non-hydrogen) atoms. The molecule has 0 aliphatic carbocycles. The van der Waals surface area contributed by atoms with Crippen LogP contribution in [0.3, 0.4) is 0 Å². The van der Waals surface area contributed by atoms with Gasteiger partial charge >= 0.3 is 11.9 Å². The molecule has 0 radical (unpaired) electrons. The SMILES string of the molecule is CCCCCCCCCC(OC(C)=O)C1CCCC(=O)O1. The number of carbonyl (C=O) groups is 2. The van der Waals surface area contributed by atoms with E-state index in [9.17, 15) is 9.59 Å². The molecule has 0 aromatic rings. The molecule has 0 N–H and O–H groups in total. The van der Waals surface area contributed by atoms with Crippen molar-refractivity contribution in [1.29, 1.82) is 0 Å². The molecule has 4 nitrogen and oxygen atoms in total. The maximum atomic E-state index is 11.4. The Hall–Kier alpha value is -1.06. The number of carbonyl (C=O) groups excluding carboxylic acids is 2. The molecule has 1 aliphatic rings. The Morgan fingerprint density at radius 1 is 1.24 bits per heavy atom. The molecule has 122 valence electrons. The fraction of sp³-hybridized carbons (Fsp3) is 0.882. The van der Waals surface area contributed by atoms with Gasteiger partial charge in [0.05, 0.1) is 0 Å². The first-order valence-electron chi connectivity index (χ1n) is 8.50. The molecule has 1 fully saturated rings. The Morgan fingerprint density at radius 2 is 1.90 bits per heavy atom. The second-order valence-electron chi connectivity index (χ2n) is 5.98. The molecule has 0 bridgehead atoms. The number of ether oxygens (including phenoxy) is 2. The lowest BCUT2D eigenvalue weighted by atomic mass is 9.98. The number of hydrogen-bond donors (Lipinski definition) is 0. The average molecular weight is 298 g/mol. The first kappa shape index (κ1) is 18.0. The normalized spacial score (nSPS) is 19.9. The molecule has 2 atom stereocenters. The molecule has 1 saturated heterocycles. The molecular formula is C17H30O4. The van der Waals surface area contributed by atoms with Crippen LogP contribution in [-0.2, 0) is 19.1 Å². The van der Waals surface area contributed by atoms with Gasteiger partial charge in [0.1, 0.15) is 12.2 Å². The quantitative estimate of drug-likeness (QED) is 0.449. The van der Waals surface area contributed by atoms with Crippen molar-refractivity contribution in [2.24, 2.45) is 0 Å². The van der Waals surface area contributed by atoms with Gasteiger partial charge in [0.2, 0.25) is 0 Å². The second kappa shape index (κ2) is 10.6. The summed E-state index contributed by atoms with van der Waals surface area (Å²) in [5.74, 6) is -0.451. The van der Waals surface area contributed by atoms with Crippen LogP contribution < -0.4 is 0 Å². The number of esters is 2. The highest BCUT2D eigenvalue weighted by Crippen LogP contribution is 2.23. The van der Waals surface area contributed by atoms with E-state index >= 15 is 0 Å². The van der Waals surface area contributed by atoms with Crippen LogP contribution in [0.4, 0.5) is 0 Å². The van der Waals surface area contributed by atoms with Crippen LogP contribution in [-0.4, -0.2) is 24.1 Å². The highest BCUT2D eigenvalue weighted by Gasteiger charge is 2.30. The zero-order chi connectivity index (χ0) is 15.5. The summed E-state index contributed by atoms with van der Waals surface area (Å²) >= 11 is 0. The summed E-state index contributed by atoms with van der Waals surface area (Å²) in [6.45, 7) is 3.64. The van der Waals surface area contributed by atoms with Gasteiger partial charge in [-0.15, -0.1) is 0 Å². The molecule has 0 amide bonds. The van der Waals surface area contributed by atoms with Crippen LogP contribution in [0.25, 0.3) is 0 Å². The van der Waals surface area contributed by atoms with E-state index in [0.717, 1.165) is 32.1 Å². The van der Waals surface area contributed by atoms with E-state index in [1.165, 1.54) is 39.0 Å². The molecule has 1 rings (SSSR count). The third kappa shape index (κ3) is 8.08. The van der Waals surface area contributed by atoms with E-state index in [4.69, 9.17) is 9.47 Å². The topological polar surface area (TPSA) is 52.6 Å². The minimum atomic E-state index is -0.287. The van der Waals surface area contributed by atoms with E-state index in [1.807, 2.05) is 0 Å². The largest absolute Gasteiger partial charge is 0.459 e. The van der Waals surface area contributed by atoms with Crippen LogP contribution >= 0.6 is 0 Å². The highest BCUT2D eigenvalue weighted by atomic mass is 16.6. The predicted molar refractivity (Wildman–Crippen MR) is 81.9 cm³/mol. The molecule has 0 aromatic carbocycles. The van der Waals surface area contributed by atoms with Crippen molar-refractivity contribution in [2.75, 3.05) is 0 Å². The van der Waals surface area contributed by atoms with Crippen molar-refractivity contribution in [1.82, 2.24) is 0 Å². The van der Waals surface area contributed by atoms with Gasteiger partial charge in [-0.1, -0.05) is 45.4 Å². The maximum Gasteiger partial charge on any atom is 0.306 e. The van der Waals surface area contributed by atoms with Crippen molar-refractivity contribution in [3.63, 3.8) is 0 Å². The minimum Gasteiger partial charge on any atom is -0.459 e. The fourth-order valence-electron chi connectivity index (χ4n) is 2.83. The Labute approximate surface area is 128 Å².